The smallest absolute Gasteiger partial charge is 0.337 e. The van der Waals surface area contributed by atoms with Crippen LogP contribution >= 0.6 is 0 Å². The molecule has 12 heteroatoms. The van der Waals surface area contributed by atoms with Crippen molar-refractivity contribution in [3.8, 4) is 0 Å². The van der Waals surface area contributed by atoms with Gasteiger partial charge in [-0.3, -0.25) is 19.2 Å². The van der Waals surface area contributed by atoms with Crippen LogP contribution in [-0.2, 0) is 23.9 Å². The van der Waals surface area contributed by atoms with Crippen molar-refractivity contribution >= 4 is 52.1 Å². The highest BCUT2D eigenvalue weighted by Gasteiger charge is 2.25. The zero-order valence-corrected chi connectivity index (χ0v) is 24.7. The van der Waals surface area contributed by atoms with Crippen molar-refractivity contribution < 1.29 is 28.7 Å². The van der Waals surface area contributed by atoms with Gasteiger partial charge in [-0.15, -0.1) is 0 Å². The van der Waals surface area contributed by atoms with Crippen molar-refractivity contribution in [2.24, 2.45) is 20.5 Å². The van der Waals surface area contributed by atoms with Crippen LogP contribution < -0.4 is 10.6 Å². The Labute approximate surface area is 248 Å². The fraction of sp³-hybridized carbons (Fsp3) is 0.258. The Balaban J connectivity index is 1.68. The van der Waals surface area contributed by atoms with Crippen LogP contribution in [-0.4, -0.2) is 48.5 Å². The topological polar surface area (TPSA) is 168 Å². The van der Waals surface area contributed by atoms with Crippen LogP contribution in [0.15, 0.2) is 81.1 Å². The van der Waals surface area contributed by atoms with Crippen LogP contribution in [0.25, 0.3) is 0 Å². The van der Waals surface area contributed by atoms with E-state index in [1.807, 2.05) is 32.0 Å². The molecule has 0 aromatic heterocycles. The van der Waals surface area contributed by atoms with Crippen LogP contribution in [0.1, 0.15) is 40.9 Å². The number of hydrogen-bond donors (Lipinski definition) is 2. The summed E-state index contributed by atoms with van der Waals surface area (Å²) in [7, 11) is 1.25. The standard InChI is InChI=1S/C31H32N6O6/c1-17-7-8-18(2)25(15-17)34-36-27(20(4)38)29(40)32-23-11-13-24(14-12-23)33-30(41)28(21(5)39)37-35-26-16-22(31(42)43-6)10-9-19(26)3/h7-16,27-28H,1-6H3,(H,32,40)(H,33,41). The predicted octanol–water partition coefficient (Wildman–Crippen LogP) is 5.76. The third-order valence-corrected chi connectivity index (χ3v) is 6.24. The van der Waals surface area contributed by atoms with Crippen molar-refractivity contribution in [2.45, 2.75) is 46.7 Å². The number of rotatable bonds is 11. The maximum Gasteiger partial charge on any atom is 0.337 e. The van der Waals surface area contributed by atoms with Gasteiger partial charge in [0.15, 0.2) is 11.6 Å². The molecular formula is C31H32N6O6. The van der Waals surface area contributed by atoms with Crippen molar-refractivity contribution in [3.63, 3.8) is 0 Å². The highest BCUT2D eigenvalue weighted by Crippen LogP contribution is 2.23. The maximum atomic E-state index is 12.9. The van der Waals surface area contributed by atoms with E-state index in [2.05, 4.69) is 31.1 Å². The van der Waals surface area contributed by atoms with Gasteiger partial charge in [-0.25, -0.2) is 4.79 Å². The van der Waals surface area contributed by atoms with Crippen LogP contribution in [0.2, 0.25) is 0 Å². The van der Waals surface area contributed by atoms with Gasteiger partial charge in [-0.1, -0.05) is 18.2 Å². The molecule has 3 rings (SSSR count). The molecule has 0 saturated heterocycles. The average Bonchev–Trinajstić information content (AvgIpc) is 2.96. The van der Waals surface area contributed by atoms with E-state index in [9.17, 15) is 24.0 Å². The van der Waals surface area contributed by atoms with Crippen LogP contribution in [0.4, 0.5) is 22.7 Å². The first kappa shape index (κ1) is 32.1. The van der Waals surface area contributed by atoms with Crippen molar-refractivity contribution in [2.75, 3.05) is 17.7 Å². The SMILES string of the molecule is COC(=O)c1ccc(C)c(N=NC(C(C)=O)C(=O)Nc2ccc(NC(=O)C(N=Nc3cc(C)ccc3C)C(C)=O)cc2)c1. The Morgan fingerprint density at radius 2 is 1.09 bits per heavy atom. The van der Waals surface area contributed by atoms with Gasteiger partial charge in [0.2, 0.25) is 12.1 Å². The minimum atomic E-state index is -1.45. The summed E-state index contributed by atoms with van der Waals surface area (Å²) in [6.07, 6.45) is 0. The van der Waals surface area contributed by atoms with Crippen molar-refractivity contribution in [1.82, 2.24) is 0 Å². The quantitative estimate of drug-likeness (QED) is 0.165. The van der Waals surface area contributed by atoms with Gasteiger partial charge in [0.25, 0.3) is 11.8 Å². The Bertz CT molecular complexity index is 1610. The minimum absolute atomic E-state index is 0.247. The number of aryl methyl sites for hydroxylation is 3. The molecule has 2 amide bonds. The number of nitrogens with one attached hydrogen (secondary N) is 2. The lowest BCUT2D eigenvalue weighted by Crippen LogP contribution is -2.32. The summed E-state index contributed by atoms with van der Waals surface area (Å²) < 4.78 is 4.71. The second kappa shape index (κ2) is 14.5. The fourth-order valence-electron chi connectivity index (χ4n) is 3.72. The molecule has 0 aliphatic carbocycles. The van der Waals surface area contributed by atoms with Crippen LogP contribution in [0, 0.1) is 20.8 Å². The first-order valence-corrected chi connectivity index (χ1v) is 13.2. The lowest BCUT2D eigenvalue weighted by atomic mass is 10.1. The number of esters is 1. The largest absolute Gasteiger partial charge is 0.465 e. The van der Waals surface area contributed by atoms with E-state index in [1.54, 1.807) is 19.1 Å². The monoisotopic (exact) mass is 584 g/mol. The van der Waals surface area contributed by atoms with Gasteiger partial charge in [-0.2, -0.15) is 20.5 Å². The van der Waals surface area contributed by atoms with E-state index in [4.69, 9.17) is 4.74 Å². The van der Waals surface area contributed by atoms with Gasteiger partial charge in [0, 0.05) is 11.4 Å². The Kier molecular flexibility index (Phi) is 10.8. The lowest BCUT2D eigenvalue weighted by Gasteiger charge is -2.12. The fourth-order valence-corrected chi connectivity index (χ4v) is 3.72. The van der Waals surface area contributed by atoms with E-state index in [0.717, 1.165) is 11.1 Å². The molecule has 0 saturated carbocycles. The molecule has 0 aliphatic heterocycles. The number of Topliss-reactive ketones (excluding diaryl/α,β-unsaturated/α-hetero) is 2. The van der Waals surface area contributed by atoms with E-state index >= 15 is 0 Å². The van der Waals surface area contributed by atoms with E-state index < -0.39 is 41.4 Å². The second-order valence-electron chi connectivity index (χ2n) is 9.80. The summed E-state index contributed by atoms with van der Waals surface area (Å²) in [4.78, 5) is 61.8. The molecule has 43 heavy (non-hydrogen) atoms. The van der Waals surface area contributed by atoms with Crippen molar-refractivity contribution in [1.29, 1.82) is 0 Å². The summed E-state index contributed by atoms with van der Waals surface area (Å²) >= 11 is 0. The van der Waals surface area contributed by atoms with Gasteiger partial charge in [0.1, 0.15) is 0 Å². The van der Waals surface area contributed by atoms with Crippen molar-refractivity contribution in [3.05, 3.63) is 82.9 Å². The Morgan fingerprint density at radius 1 is 0.651 bits per heavy atom. The number of amides is 2. The molecule has 0 aliphatic rings. The number of ketones is 2. The number of ether oxygens (including phenoxy) is 1. The molecule has 0 bridgehead atoms. The molecule has 2 atom stereocenters. The second-order valence-corrected chi connectivity index (χ2v) is 9.80. The number of methoxy groups -OCH3 is 1. The number of benzene rings is 3. The first-order valence-electron chi connectivity index (χ1n) is 13.2. The van der Waals surface area contributed by atoms with Gasteiger partial charge in [0.05, 0.1) is 24.0 Å². The summed E-state index contributed by atoms with van der Waals surface area (Å²) in [5.74, 6) is -2.97. The highest BCUT2D eigenvalue weighted by molar-refractivity contribution is 6.11. The summed E-state index contributed by atoms with van der Waals surface area (Å²) in [5, 5.41) is 21.3. The molecular weight excluding hydrogens is 552 g/mol. The number of anilines is 2. The summed E-state index contributed by atoms with van der Waals surface area (Å²) in [6, 6.07) is 13.5. The van der Waals surface area contributed by atoms with Gasteiger partial charge < -0.3 is 15.4 Å². The molecule has 2 unspecified atom stereocenters. The lowest BCUT2D eigenvalue weighted by molar-refractivity contribution is -0.127. The molecule has 0 heterocycles. The minimum Gasteiger partial charge on any atom is -0.465 e. The molecule has 3 aromatic carbocycles. The number of hydrogen-bond acceptors (Lipinski definition) is 10. The van der Waals surface area contributed by atoms with Gasteiger partial charge in [-0.05, 0) is 93.8 Å². The zero-order valence-electron chi connectivity index (χ0n) is 24.7. The van der Waals surface area contributed by atoms with Crippen LogP contribution in [0.3, 0.4) is 0 Å². The van der Waals surface area contributed by atoms with E-state index in [-0.39, 0.29) is 5.56 Å². The molecule has 3 aromatic rings. The van der Waals surface area contributed by atoms with E-state index in [1.165, 1.54) is 51.3 Å². The molecule has 222 valence electrons. The molecule has 0 fully saturated rings. The average molecular weight is 585 g/mol. The first-order chi connectivity index (χ1) is 20.4. The summed E-state index contributed by atoms with van der Waals surface area (Å²) in [5.41, 5.74) is 4.28. The van der Waals surface area contributed by atoms with E-state index in [0.29, 0.717) is 28.3 Å². The number of nitrogens with zero attached hydrogens (tertiary/aromatic N) is 4. The maximum absolute atomic E-state index is 12.9. The predicted molar refractivity (Wildman–Crippen MR) is 160 cm³/mol. The Hall–Kier alpha value is -5.39. The molecule has 12 nitrogen and oxygen atoms in total. The normalized spacial score (nSPS) is 12.5. The Morgan fingerprint density at radius 3 is 1.53 bits per heavy atom. The third-order valence-electron chi connectivity index (χ3n) is 6.24. The zero-order chi connectivity index (χ0) is 31.7. The molecule has 0 radical (unpaired) electrons. The number of carbonyl (C=O) groups excluding carboxylic acids is 5. The number of azo groups is 2. The molecule has 0 spiro atoms. The molecule has 2 N–H and O–H groups in total. The highest BCUT2D eigenvalue weighted by atomic mass is 16.5. The van der Waals surface area contributed by atoms with Crippen LogP contribution in [0.5, 0.6) is 0 Å². The third kappa shape index (κ3) is 8.80. The summed E-state index contributed by atoms with van der Waals surface area (Å²) in [6.45, 7) is 7.96. The van der Waals surface area contributed by atoms with Gasteiger partial charge >= 0.3 is 5.97 Å². The number of carbonyl (C=O) groups is 5.